The van der Waals surface area contributed by atoms with Gasteiger partial charge in [0, 0.05) is 28.1 Å². The van der Waals surface area contributed by atoms with Crippen molar-refractivity contribution in [2.75, 3.05) is 0 Å². The van der Waals surface area contributed by atoms with Gasteiger partial charge in [0.25, 0.3) is 0 Å². The van der Waals surface area contributed by atoms with E-state index in [2.05, 4.69) is 146 Å². The Bertz CT molecular complexity index is 2590. The van der Waals surface area contributed by atoms with Gasteiger partial charge in [0.05, 0.1) is 28.1 Å². The second-order valence-corrected chi connectivity index (χ2v) is 12.5. The Morgan fingerprint density at radius 3 is 1.48 bits per heavy atom. The highest BCUT2D eigenvalue weighted by Gasteiger charge is 2.13. The average Bonchev–Trinajstić information content (AvgIpc) is 3.21. The van der Waals surface area contributed by atoms with Gasteiger partial charge in [0.1, 0.15) is 0 Å². The lowest BCUT2D eigenvalue weighted by Gasteiger charge is -2.13. The van der Waals surface area contributed by atoms with E-state index < -0.39 is 0 Å². The summed E-state index contributed by atoms with van der Waals surface area (Å²) in [6.07, 6.45) is 1.96. The molecule has 3 heterocycles. The number of aromatic nitrogens is 3. The molecule has 6 aromatic carbocycles. The van der Waals surface area contributed by atoms with E-state index in [0.717, 1.165) is 66.7 Å². The van der Waals surface area contributed by atoms with Crippen molar-refractivity contribution in [1.29, 1.82) is 0 Å². The number of benzene rings is 6. The van der Waals surface area contributed by atoms with Crippen molar-refractivity contribution in [3.63, 3.8) is 0 Å². The molecule has 0 aliphatic carbocycles. The fourth-order valence-electron chi connectivity index (χ4n) is 6.66. The van der Waals surface area contributed by atoms with Gasteiger partial charge in [-0.2, -0.15) is 0 Å². The van der Waals surface area contributed by atoms with Crippen molar-refractivity contribution in [3.05, 3.63) is 188 Å². The summed E-state index contributed by atoms with van der Waals surface area (Å²) in [4.78, 5) is 15.0. The molecule has 3 aromatic heterocycles. The maximum atomic E-state index is 5.19. The molecule has 0 fully saturated rings. The molecule has 0 bridgehead atoms. The second kappa shape index (κ2) is 12.7. The molecule has 9 aromatic rings. The van der Waals surface area contributed by atoms with Crippen LogP contribution in [0.25, 0.3) is 89.0 Å². The average molecular weight is 638 g/mol. The van der Waals surface area contributed by atoms with Crippen LogP contribution in [0.4, 0.5) is 0 Å². The van der Waals surface area contributed by atoms with E-state index in [1.165, 1.54) is 22.3 Å². The topological polar surface area (TPSA) is 38.7 Å². The van der Waals surface area contributed by atoms with Crippen molar-refractivity contribution in [2.45, 2.75) is 0 Å². The first-order valence-corrected chi connectivity index (χ1v) is 16.8. The van der Waals surface area contributed by atoms with Gasteiger partial charge in [-0.05, 0) is 75.3 Å². The third-order valence-corrected chi connectivity index (χ3v) is 9.36. The van der Waals surface area contributed by atoms with E-state index >= 15 is 0 Å². The summed E-state index contributed by atoms with van der Waals surface area (Å²) in [5.74, 6) is 0. The van der Waals surface area contributed by atoms with Gasteiger partial charge >= 0.3 is 0 Å². The summed E-state index contributed by atoms with van der Waals surface area (Å²) in [5.41, 5.74) is 14.8. The van der Waals surface area contributed by atoms with Crippen LogP contribution in [0.15, 0.2) is 188 Å². The van der Waals surface area contributed by atoms with Crippen LogP contribution in [0.5, 0.6) is 0 Å². The van der Waals surface area contributed by atoms with E-state index in [1.54, 1.807) is 0 Å². The number of rotatable bonds is 6. The summed E-state index contributed by atoms with van der Waals surface area (Å²) in [5, 5.41) is 2.20. The quantitative estimate of drug-likeness (QED) is 0.182. The Morgan fingerprint density at radius 1 is 0.300 bits per heavy atom. The molecule has 0 radical (unpaired) electrons. The molecule has 0 unspecified atom stereocenters. The molecule has 0 N–H and O–H groups in total. The summed E-state index contributed by atoms with van der Waals surface area (Å²) < 4.78 is 0. The second-order valence-electron chi connectivity index (χ2n) is 12.5. The molecule has 50 heavy (non-hydrogen) atoms. The first-order chi connectivity index (χ1) is 24.7. The van der Waals surface area contributed by atoms with Gasteiger partial charge < -0.3 is 0 Å². The van der Waals surface area contributed by atoms with Crippen LogP contribution in [0, 0.1) is 0 Å². The Balaban J connectivity index is 1.13. The zero-order valence-corrected chi connectivity index (χ0v) is 27.2. The van der Waals surface area contributed by atoms with Crippen LogP contribution in [-0.2, 0) is 0 Å². The van der Waals surface area contributed by atoms with Crippen molar-refractivity contribution in [3.8, 4) is 67.2 Å². The number of hydrogen-bond donors (Lipinski definition) is 0. The van der Waals surface area contributed by atoms with E-state index in [-0.39, 0.29) is 0 Å². The lowest BCUT2D eigenvalue weighted by Crippen LogP contribution is -1.93. The summed E-state index contributed by atoms with van der Waals surface area (Å²) in [7, 11) is 0. The first kappa shape index (κ1) is 29.4. The smallest absolute Gasteiger partial charge is 0.0893 e. The number of fused-ring (bicyclic) bond motifs is 2. The zero-order valence-electron chi connectivity index (χ0n) is 27.2. The van der Waals surface area contributed by atoms with Crippen LogP contribution in [0.1, 0.15) is 0 Å². The Labute approximate surface area is 291 Å². The standard InChI is InChI=1S/C47H31N3/c1-3-9-32(10-4-1)34-15-17-36(18-16-34)39-24-26-44-42(29-39)41(30-47(50-44)38-21-19-35(20-22-38)33-11-5-2-6-12-33)40-25-27-45(48-31-40)46-28-23-37-13-7-8-14-43(37)49-46/h1-31H. The normalized spacial score (nSPS) is 11.2. The SMILES string of the molecule is c1ccc(-c2ccc(-c3ccc4nc(-c5ccc(-c6ccccc6)cc5)cc(-c5ccc(-c6ccc7ccccc7n6)nc5)c4c3)cc2)cc1. The lowest BCUT2D eigenvalue weighted by atomic mass is 9.95. The molecule has 0 spiro atoms. The molecule has 3 heteroatoms. The van der Waals surface area contributed by atoms with Crippen molar-refractivity contribution in [1.82, 2.24) is 15.0 Å². The summed E-state index contributed by atoms with van der Waals surface area (Å²) >= 11 is 0. The summed E-state index contributed by atoms with van der Waals surface area (Å²) in [6, 6.07) is 63.7. The monoisotopic (exact) mass is 637 g/mol. The lowest BCUT2D eigenvalue weighted by molar-refractivity contribution is 1.28. The molecule has 0 atom stereocenters. The predicted molar refractivity (Wildman–Crippen MR) is 207 cm³/mol. The van der Waals surface area contributed by atoms with Crippen LogP contribution in [0.2, 0.25) is 0 Å². The van der Waals surface area contributed by atoms with Crippen LogP contribution < -0.4 is 0 Å². The third kappa shape index (κ3) is 5.72. The van der Waals surface area contributed by atoms with Crippen molar-refractivity contribution < 1.29 is 0 Å². The molecular formula is C47H31N3. The Hall–Kier alpha value is -6.71. The number of pyridine rings is 3. The van der Waals surface area contributed by atoms with Gasteiger partial charge in [0.2, 0.25) is 0 Å². The van der Waals surface area contributed by atoms with E-state index in [9.17, 15) is 0 Å². The minimum atomic E-state index is 0.841. The highest BCUT2D eigenvalue weighted by molar-refractivity contribution is 5.99. The van der Waals surface area contributed by atoms with Gasteiger partial charge in [-0.25, -0.2) is 9.97 Å². The Morgan fingerprint density at radius 2 is 0.820 bits per heavy atom. The van der Waals surface area contributed by atoms with Gasteiger partial charge in [-0.1, -0.05) is 146 Å². The molecule has 0 aliphatic heterocycles. The molecule has 9 rings (SSSR count). The fraction of sp³-hybridized carbons (Fsp3) is 0. The highest BCUT2D eigenvalue weighted by atomic mass is 14.8. The largest absolute Gasteiger partial charge is 0.254 e. The number of nitrogens with zero attached hydrogens (tertiary/aromatic N) is 3. The first-order valence-electron chi connectivity index (χ1n) is 16.8. The summed E-state index contributed by atoms with van der Waals surface area (Å²) in [6.45, 7) is 0. The molecular weight excluding hydrogens is 607 g/mol. The molecule has 3 nitrogen and oxygen atoms in total. The van der Waals surface area contributed by atoms with E-state index in [0.29, 0.717) is 0 Å². The van der Waals surface area contributed by atoms with Crippen LogP contribution in [-0.4, -0.2) is 15.0 Å². The van der Waals surface area contributed by atoms with Gasteiger partial charge in [-0.3, -0.25) is 4.98 Å². The Kier molecular flexibility index (Phi) is 7.49. The molecule has 0 amide bonds. The minimum Gasteiger partial charge on any atom is -0.254 e. The van der Waals surface area contributed by atoms with Crippen molar-refractivity contribution >= 4 is 21.8 Å². The van der Waals surface area contributed by atoms with E-state index in [1.807, 2.05) is 42.6 Å². The van der Waals surface area contributed by atoms with Crippen molar-refractivity contribution in [2.24, 2.45) is 0 Å². The number of hydrogen-bond acceptors (Lipinski definition) is 3. The molecule has 0 aliphatic rings. The molecule has 234 valence electrons. The number of para-hydroxylation sites is 1. The van der Waals surface area contributed by atoms with Crippen LogP contribution >= 0.6 is 0 Å². The van der Waals surface area contributed by atoms with Crippen LogP contribution in [0.3, 0.4) is 0 Å². The minimum absolute atomic E-state index is 0.841. The van der Waals surface area contributed by atoms with E-state index in [4.69, 9.17) is 15.0 Å². The maximum Gasteiger partial charge on any atom is 0.0893 e. The highest BCUT2D eigenvalue weighted by Crippen LogP contribution is 2.36. The van der Waals surface area contributed by atoms with Gasteiger partial charge in [0.15, 0.2) is 0 Å². The zero-order chi connectivity index (χ0) is 33.3. The third-order valence-electron chi connectivity index (χ3n) is 9.36. The predicted octanol–water partition coefficient (Wildman–Crippen LogP) is 12.2. The fourth-order valence-corrected chi connectivity index (χ4v) is 6.66. The molecule has 0 saturated heterocycles. The molecule has 0 saturated carbocycles. The maximum absolute atomic E-state index is 5.19. The van der Waals surface area contributed by atoms with Gasteiger partial charge in [-0.15, -0.1) is 0 Å².